The molecule has 76 valence electrons. The van der Waals surface area contributed by atoms with Crippen LogP contribution in [0.15, 0.2) is 41.3 Å². The first-order chi connectivity index (χ1) is 7.31. The van der Waals surface area contributed by atoms with Gasteiger partial charge in [0.2, 0.25) is 5.88 Å². The summed E-state index contributed by atoms with van der Waals surface area (Å²) in [4.78, 5) is 8.15. The van der Waals surface area contributed by atoms with Crippen LogP contribution in [0.4, 0.5) is 0 Å². The predicted octanol–water partition coefficient (Wildman–Crippen LogP) is 2.91. The Morgan fingerprint density at radius 2 is 1.93 bits per heavy atom. The number of aromatic nitrogens is 2. The second kappa shape index (κ2) is 4.40. The first-order valence-corrected chi connectivity index (χ1v) is 5.20. The number of hydrogen-bond acceptors (Lipinski definition) is 3. The van der Waals surface area contributed by atoms with E-state index in [1.165, 1.54) is 0 Å². The van der Waals surface area contributed by atoms with Crippen LogP contribution in [-0.4, -0.2) is 17.1 Å². The Morgan fingerprint density at radius 1 is 1.20 bits per heavy atom. The van der Waals surface area contributed by atoms with Gasteiger partial charge < -0.3 is 4.74 Å². The molecule has 0 aliphatic carbocycles. The molecular weight excluding hydrogens is 256 g/mol. The minimum atomic E-state index is 0.591. The monoisotopic (exact) mass is 264 g/mol. The van der Waals surface area contributed by atoms with Crippen molar-refractivity contribution in [2.24, 2.45) is 0 Å². The van der Waals surface area contributed by atoms with Gasteiger partial charge in [0.1, 0.15) is 0 Å². The first kappa shape index (κ1) is 10.1. The summed E-state index contributed by atoms with van der Waals surface area (Å²) in [5.41, 5.74) is 2.12. The molecule has 0 atom stereocenters. The lowest BCUT2D eigenvalue weighted by molar-refractivity contribution is 0.395. The lowest BCUT2D eigenvalue weighted by atomic mass is 10.1. The third kappa shape index (κ3) is 2.15. The van der Waals surface area contributed by atoms with Crippen LogP contribution in [0, 0.1) is 0 Å². The van der Waals surface area contributed by atoms with Crippen LogP contribution in [0.1, 0.15) is 0 Å². The van der Waals surface area contributed by atoms with Gasteiger partial charge in [0.25, 0.3) is 0 Å². The smallest absolute Gasteiger partial charge is 0.227 e. The fourth-order valence-electron chi connectivity index (χ4n) is 1.28. The standard InChI is InChI=1S/C11H9BrN2O/c1-15-11-10(12)6-9(7-14-11)8-2-4-13-5-3-8/h2-7H,1H3. The van der Waals surface area contributed by atoms with Crippen LogP contribution in [0.25, 0.3) is 11.1 Å². The van der Waals surface area contributed by atoms with Crippen molar-refractivity contribution in [3.8, 4) is 17.0 Å². The maximum atomic E-state index is 5.07. The third-order valence-electron chi connectivity index (χ3n) is 2.01. The van der Waals surface area contributed by atoms with Gasteiger partial charge in [0.05, 0.1) is 11.6 Å². The van der Waals surface area contributed by atoms with E-state index in [1.54, 1.807) is 25.7 Å². The number of pyridine rings is 2. The van der Waals surface area contributed by atoms with Gasteiger partial charge in [-0.2, -0.15) is 0 Å². The van der Waals surface area contributed by atoms with E-state index in [2.05, 4.69) is 25.9 Å². The van der Waals surface area contributed by atoms with Gasteiger partial charge in [0, 0.05) is 24.2 Å². The summed E-state index contributed by atoms with van der Waals surface area (Å²) in [7, 11) is 1.60. The summed E-state index contributed by atoms with van der Waals surface area (Å²) in [6.45, 7) is 0. The first-order valence-electron chi connectivity index (χ1n) is 4.41. The average molecular weight is 265 g/mol. The largest absolute Gasteiger partial charge is 0.480 e. The second-order valence-corrected chi connectivity index (χ2v) is 3.81. The molecule has 2 aromatic rings. The molecular formula is C11H9BrN2O. The Bertz CT molecular complexity index is 459. The van der Waals surface area contributed by atoms with Crippen LogP contribution in [0.5, 0.6) is 5.88 Å². The number of hydrogen-bond donors (Lipinski definition) is 0. The van der Waals surface area contributed by atoms with E-state index in [1.807, 2.05) is 18.2 Å². The van der Waals surface area contributed by atoms with Crippen LogP contribution >= 0.6 is 15.9 Å². The summed E-state index contributed by atoms with van der Waals surface area (Å²) < 4.78 is 5.91. The van der Waals surface area contributed by atoms with Crippen molar-refractivity contribution >= 4 is 15.9 Å². The molecule has 3 nitrogen and oxygen atoms in total. The lowest BCUT2D eigenvalue weighted by Gasteiger charge is -2.04. The van der Waals surface area contributed by atoms with Crippen molar-refractivity contribution < 1.29 is 4.74 Å². The number of methoxy groups -OCH3 is 1. The van der Waals surface area contributed by atoms with Gasteiger partial charge in [0.15, 0.2) is 0 Å². The summed E-state index contributed by atoms with van der Waals surface area (Å²) in [5, 5.41) is 0. The van der Waals surface area contributed by atoms with E-state index >= 15 is 0 Å². The van der Waals surface area contributed by atoms with Crippen LogP contribution in [-0.2, 0) is 0 Å². The highest BCUT2D eigenvalue weighted by Gasteiger charge is 2.04. The van der Waals surface area contributed by atoms with Gasteiger partial charge in [-0.25, -0.2) is 4.98 Å². The second-order valence-electron chi connectivity index (χ2n) is 2.95. The summed E-state index contributed by atoms with van der Waals surface area (Å²) >= 11 is 3.40. The minimum absolute atomic E-state index is 0.591. The number of rotatable bonds is 2. The molecule has 0 aromatic carbocycles. The third-order valence-corrected chi connectivity index (χ3v) is 2.58. The Hall–Kier alpha value is -1.42. The normalized spacial score (nSPS) is 10.0. The molecule has 0 unspecified atom stereocenters. The van der Waals surface area contributed by atoms with E-state index in [0.717, 1.165) is 15.6 Å². The molecule has 0 bridgehead atoms. The minimum Gasteiger partial charge on any atom is -0.480 e. The molecule has 0 fully saturated rings. The molecule has 0 saturated heterocycles. The van der Waals surface area contributed by atoms with Gasteiger partial charge in [-0.3, -0.25) is 4.98 Å². The zero-order chi connectivity index (χ0) is 10.7. The van der Waals surface area contributed by atoms with Gasteiger partial charge >= 0.3 is 0 Å². The average Bonchev–Trinajstić information content (AvgIpc) is 2.30. The number of ether oxygens (including phenoxy) is 1. The fourth-order valence-corrected chi connectivity index (χ4v) is 1.79. The molecule has 15 heavy (non-hydrogen) atoms. The highest BCUT2D eigenvalue weighted by molar-refractivity contribution is 9.10. The van der Waals surface area contributed by atoms with Crippen LogP contribution in [0.3, 0.4) is 0 Å². The molecule has 2 heterocycles. The maximum Gasteiger partial charge on any atom is 0.227 e. The van der Waals surface area contributed by atoms with Crippen LogP contribution < -0.4 is 4.74 Å². The summed E-state index contributed by atoms with van der Waals surface area (Å²) in [5.74, 6) is 0.591. The van der Waals surface area contributed by atoms with E-state index in [9.17, 15) is 0 Å². The van der Waals surface area contributed by atoms with Crippen molar-refractivity contribution in [1.29, 1.82) is 0 Å². The molecule has 2 aromatic heterocycles. The Labute approximate surface area is 96.3 Å². The zero-order valence-electron chi connectivity index (χ0n) is 8.14. The molecule has 4 heteroatoms. The maximum absolute atomic E-state index is 5.07. The Kier molecular flexibility index (Phi) is 2.97. The molecule has 0 saturated carbocycles. The quantitative estimate of drug-likeness (QED) is 0.837. The van der Waals surface area contributed by atoms with Crippen molar-refractivity contribution in [2.45, 2.75) is 0 Å². The summed E-state index contributed by atoms with van der Waals surface area (Å²) in [6, 6.07) is 5.85. The molecule has 0 aliphatic heterocycles. The van der Waals surface area contributed by atoms with Gasteiger partial charge in [-0.15, -0.1) is 0 Å². The van der Waals surface area contributed by atoms with E-state index in [4.69, 9.17) is 4.74 Å². The molecule has 0 N–H and O–H groups in total. The Morgan fingerprint density at radius 3 is 2.53 bits per heavy atom. The highest BCUT2D eigenvalue weighted by Crippen LogP contribution is 2.27. The van der Waals surface area contributed by atoms with E-state index in [0.29, 0.717) is 5.88 Å². The molecule has 0 spiro atoms. The van der Waals surface area contributed by atoms with Gasteiger partial charge in [-0.1, -0.05) is 0 Å². The van der Waals surface area contributed by atoms with Crippen LogP contribution in [0.2, 0.25) is 0 Å². The fraction of sp³-hybridized carbons (Fsp3) is 0.0909. The highest BCUT2D eigenvalue weighted by atomic mass is 79.9. The van der Waals surface area contributed by atoms with Crippen molar-refractivity contribution in [3.63, 3.8) is 0 Å². The number of nitrogens with zero attached hydrogens (tertiary/aromatic N) is 2. The van der Waals surface area contributed by atoms with Gasteiger partial charge in [-0.05, 0) is 39.7 Å². The Balaban J connectivity index is 2.43. The van der Waals surface area contributed by atoms with E-state index in [-0.39, 0.29) is 0 Å². The predicted molar refractivity (Wildman–Crippen MR) is 61.7 cm³/mol. The SMILES string of the molecule is COc1ncc(-c2ccncc2)cc1Br. The number of halogens is 1. The van der Waals surface area contributed by atoms with E-state index < -0.39 is 0 Å². The molecule has 0 radical (unpaired) electrons. The molecule has 0 aliphatic rings. The van der Waals surface area contributed by atoms with Crippen molar-refractivity contribution in [3.05, 3.63) is 41.3 Å². The summed E-state index contributed by atoms with van der Waals surface area (Å²) in [6.07, 6.45) is 5.29. The van der Waals surface area contributed by atoms with Crippen molar-refractivity contribution in [1.82, 2.24) is 9.97 Å². The lowest BCUT2D eigenvalue weighted by Crippen LogP contribution is -1.89. The topological polar surface area (TPSA) is 35.0 Å². The molecule has 0 amide bonds. The van der Waals surface area contributed by atoms with Crippen molar-refractivity contribution in [2.75, 3.05) is 7.11 Å². The zero-order valence-corrected chi connectivity index (χ0v) is 9.73. The molecule has 2 rings (SSSR count).